The Bertz CT molecular complexity index is 398. The van der Waals surface area contributed by atoms with Crippen molar-refractivity contribution in [1.82, 2.24) is 5.32 Å². The lowest BCUT2D eigenvalue weighted by Gasteiger charge is -2.40. The van der Waals surface area contributed by atoms with Crippen LogP contribution in [0.1, 0.15) is 54.4 Å². The number of amides is 1. The van der Waals surface area contributed by atoms with Gasteiger partial charge in [-0.05, 0) is 51.7 Å². The van der Waals surface area contributed by atoms with Crippen LogP contribution in [-0.4, -0.2) is 43.4 Å². The van der Waals surface area contributed by atoms with Crippen LogP contribution in [0.2, 0.25) is 18.1 Å². The average Bonchev–Trinajstić information content (AvgIpc) is 2.56. The number of aliphatic hydroxyl groups is 1. The second-order valence-corrected chi connectivity index (χ2v) is 13.5. The van der Waals surface area contributed by atoms with Crippen molar-refractivity contribution in [2.75, 3.05) is 0 Å². The number of ether oxygens (including phenoxy) is 1. The van der Waals surface area contributed by atoms with Crippen molar-refractivity contribution < 1.29 is 19.1 Å². The Balaban J connectivity index is 2.74. The molecule has 2 N–H and O–H groups in total. The zero-order valence-electron chi connectivity index (χ0n) is 15.3. The molecule has 0 saturated heterocycles. The Morgan fingerprint density at radius 2 is 1.68 bits per heavy atom. The van der Waals surface area contributed by atoms with E-state index in [1.54, 1.807) is 0 Å². The number of hydrogen-bond donors (Lipinski definition) is 2. The summed E-state index contributed by atoms with van der Waals surface area (Å²) in [5.74, 6) is 0. The van der Waals surface area contributed by atoms with Crippen LogP contribution in [-0.2, 0) is 9.16 Å². The fraction of sp³-hybridized carbons (Fsp3) is 0.938. The molecule has 1 rings (SSSR count). The summed E-state index contributed by atoms with van der Waals surface area (Å²) in [6.45, 7) is 16.3. The van der Waals surface area contributed by atoms with Gasteiger partial charge in [-0.2, -0.15) is 0 Å². The molecule has 1 fully saturated rings. The second kappa shape index (κ2) is 6.49. The summed E-state index contributed by atoms with van der Waals surface area (Å²) in [7, 11) is -2.00. The molecule has 6 heteroatoms. The number of aliphatic hydroxyl groups excluding tert-OH is 1. The molecule has 22 heavy (non-hydrogen) atoms. The monoisotopic (exact) mass is 331 g/mol. The predicted octanol–water partition coefficient (Wildman–Crippen LogP) is 3.42. The quantitative estimate of drug-likeness (QED) is 0.778. The van der Waals surface area contributed by atoms with Crippen LogP contribution < -0.4 is 5.32 Å². The van der Waals surface area contributed by atoms with Gasteiger partial charge in [-0.1, -0.05) is 20.8 Å². The molecule has 5 nitrogen and oxygen atoms in total. The molecule has 1 saturated carbocycles. The largest absolute Gasteiger partial charge is 0.444 e. The summed E-state index contributed by atoms with van der Waals surface area (Å²) >= 11 is 0. The lowest BCUT2D eigenvalue weighted by molar-refractivity contribution is 0.0257. The highest BCUT2D eigenvalue weighted by Crippen LogP contribution is 2.39. The van der Waals surface area contributed by atoms with Crippen LogP contribution in [0, 0.1) is 0 Å². The fourth-order valence-electron chi connectivity index (χ4n) is 2.24. The zero-order chi connectivity index (χ0) is 17.3. The van der Waals surface area contributed by atoms with E-state index in [9.17, 15) is 9.90 Å². The Morgan fingerprint density at radius 1 is 1.14 bits per heavy atom. The Labute approximate surface area is 135 Å². The van der Waals surface area contributed by atoms with Crippen molar-refractivity contribution in [1.29, 1.82) is 0 Å². The van der Waals surface area contributed by atoms with E-state index in [4.69, 9.17) is 9.16 Å². The lowest BCUT2D eigenvalue weighted by Crippen LogP contribution is -2.53. The highest BCUT2D eigenvalue weighted by Gasteiger charge is 2.45. The predicted molar refractivity (Wildman–Crippen MR) is 90.5 cm³/mol. The molecule has 0 spiro atoms. The normalized spacial score (nSPS) is 26.9. The van der Waals surface area contributed by atoms with Crippen LogP contribution in [0.15, 0.2) is 0 Å². The van der Waals surface area contributed by atoms with Gasteiger partial charge in [0.15, 0.2) is 8.32 Å². The standard InChI is InChI=1S/C16H33NO4Si/c1-15(2,3)20-14(19)17-11-9-10-12(18)13(11)21-22(7,8)16(4,5)6/h11-13,18H,9-10H2,1-8H3,(H,17,19)/t11-,12+,13+/m1/s1. The van der Waals surface area contributed by atoms with E-state index in [1.165, 1.54) is 0 Å². The van der Waals surface area contributed by atoms with Crippen LogP contribution in [0.5, 0.6) is 0 Å². The van der Waals surface area contributed by atoms with Crippen molar-refractivity contribution in [3.05, 3.63) is 0 Å². The molecule has 0 bridgehead atoms. The molecule has 0 aliphatic heterocycles. The van der Waals surface area contributed by atoms with Gasteiger partial charge in [-0.25, -0.2) is 4.79 Å². The Morgan fingerprint density at radius 3 is 2.14 bits per heavy atom. The molecule has 0 unspecified atom stereocenters. The SMILES string of the molecule is CC(C)(C)OC(=O)N[C@@H]1CC[C@H](O)[C@H]1O[Si](C)(C)C(C)(C)C. The second-order valence-electron chi connectivity index (χ2n) is 8.74. The molecule has 3 atom stereocenters. The van der Waals surface area contributed by atoms with Gasteiger partial charge in [0.05, 0.1) is 18.2 Å². The van der Waals surface area contributed by atoms with E-state index in [1.807, 2.05) is 20.8 Å². The van der Waals surface area contributed by atoms with Crippen molar-refractivity contribution >= 4 is 14.4 Å². The first-order chi connectivity index (χ1) is 9.73. The maximum absolute atomic E-state index is 12.0. The number of carbonyl (C=O) groups is 1. The van der Waals surface area contributed by atoms with E-state index in [2.05, 4.69) is 39.2 Å². The minimum absolute atomic E-state index is 0.0613. The number of nitrogens with one attached hydrogen (secondary N) is 1. The topological polar surface area (TPSA) is 67.8 Å². The van der Waals surface area contributed by atoms with Crippen LogP contribution >= 0.6 is 0 Å². The minimum atomic E-state index is -2.00. The molecule has 0 heterocycles. The van der Waals surface area contributed by atoms with E-state index in [-0.39, 0.29) is 17.2 Å². The number of carbonyl (C=O) groups excluding carboxylic acids is 1. The molecule has 0 aromatic carbocycles. The molecule has 0 aromatic heterocycles. The summed E-state index contributed by atoms with van der Waals surface area (Å²) in [5.41, 5.74) is -0.531. The molecule has 1 amide bonds. The van der Waals surface area contributed by atoms with E-state index < -0.39 is 26.1 Å². The van der Waals surface area contributed by atoms with Crippen molar-refractivity contribution in [3.8, 4) is 0 Å². The average molecular weight is 332 g/mol. The van der Waals surface area contributed by atoms with Gasteiger partial charge in [-0.3, -0.25) is 0 Å². The van der Waals surface area contributed by atoms with E-state index in [0.29, 0.717) is 12.8 Å². The third kappa shape index (κ3) is 5.24. The third-order valence-corrected chi connectivity index (χ3v) is 8.96. The highest BCUT2D eigenvalue weighted by molar-refractivity contribution is 6.74. The Hall–Kier alpha value is -0.593. The summed E-state index contributed by atoms with van der Waals surface area (Å²) in [4.78, 5) is 12.0. The van der Waals surface area contributed by atoms with Gasteiger partial charge in [0.1, 0.15) is 5.60 Å². The lowest BCUT2D eigenvalue weighted by atomic mass is 10.2. The number of rotatable bonds is 3. The number of alkyl carbamates (subject to hydrolysis) is 1. The van der Waals surface area contributed by atoms with Gasteiger partial charge < -0.3 is 19.6 Å². The smallest absolute Gasteiger partial charge is 0.407 e. The van der Waals surface area contributed by atoms with Gasteiger partial charge in [0.25, 0.3) is 0 Å². The molecule has 1 aliphatic rings. The van der Waals surface area contributed by atoms with E-state index in [0.717, 1.165) is 0 Å². The molecule has 0 radical (unpaired) electrons. The van der Waals surface area contributed by atoms with Crippen molar-refractivity contribution in [2.45, 2.75) is 96.4 Å². The molecule has 0 aromatic rings. The first-order valence-electron chi connectivity index (χ1n) is 8.08. The third-order valence-electron chi connectivity index (χ3n) is 4.49. The summed E-state index contributed by atoms with van der Waals surface area (Å²) in [5, 5.41) is 13.2. The van der Waals surface area contributed by atoms with Gasteiger partial charge >= 0.3 is 6.09 Å². The fourth-order valence-corrected chi connectivity index (χ4v) is 3.59. The first-order valence-corrected chi connectivity index (χ1v) is 11.0. The maximum atomic E-state index is 12.0. The van der Waals surface area contributed by atoms with Crippen LogP contribution in [0.3, 0.4) is 0 Å². The van der Waals surface area contributed by atoms with Gasteiger partial charge in [-0.15, -0.1) is 0 Å². The Kier molecular flexibility index (Phi) is 5.74. The van der Waals surface area contributed by atoms with Gasteiger partial charge in [0, 0.05) is 0 Å². The molecule has 130 valence electrons. The van der Waals surface area contributed by atoms with Crippen molar-refractivity contribution in [2.24, 2.45) is 0 Å². The van der Waals surface area contributed by atoms with Crippen LogP contribution in [0.4, 0.5) is 4.79 Å². The summed E-state index contributed by atoms with van der Waals surface area (Å²) < 4.78 is 11.6. The first kappa shape index (κ1) is 19.5. The van der Waals surface area contributed by atoms with Gasteiger partial charge in [0.2, 0.25) is 0 Å². The molecule has 1 aliphatic carbocycles. The molecular formula is C16H33NO4Si. The summed E-state index contributed by atoms with van der Waals surface area (Å²) in [6, 6.07) is -0.195. The van der Waals surface area contributed by atoms with E-state index >= 15 is 0 Å². The minimum Gasteiger partial charge on any atom is -0.444 e. The summed E-state index contributed by atoms with van der Waals surface area (Å²) in [6.07, 6.45) is 0.0114. The maximum Gasteiger partial charge on any atom is 0.407 e. The van der Waals surface area contributed by atoms with Crippen molar-refractivity contribution in [3.63, 3.8) is 0 Å². The zero-order valence-corrected chi connectivity index (χ0v) is 16.3. The van der Waals surface area contributed by atoms with Crippen LogP contribution in [0.25, 0.3) is 0 Å². The number of hydrogen-bond acceptors (Lipinski definition) is 4. The highest BCUT2D eigenvalue weighted by atomic mass is 28.4. The molecular weight excluding hydrogens is 298 g/mol.